The molecule has 0 aliphatic carbocycles. The zero-order chi connectivity index (χ0) is 14.8. The first-order valence-electron chi connectivity index (χ1n) is 6.71. The maximum atomic E-state index is 13.5. The average Bonchev–Trinajstić information content (AvgIpc) is 2.86. The Morgan fingerprint density at radius 3 is 2.86 bits per heavy atom. The van der Waals surface area contributed by atoms with Crippen LogP contribution in [0.15, 0.2) is 42.7 Å². The molecule has 0 fully saturated rings. The molecule has 2 aromatic heterocycles. The number of aromatic nitrogens is 2. The topological polar surface area (TPSA) is 29.3 Å². The molecule has 0 atom stereocenters. The molecule has 3 rings (SSSR count). The second-order valence-corrected chi connectivity index (χ2v) is 4.97. The van der Waals surface area contributed by atoms with Crippen molar-refractivity contribution in [2.75, 3.05) is 0 Å². The van der Waals surface area contributed by atoms with E-state index in [0.717, 1.165) is 23.0 Å². The molecule has 0 spiro atoms. The van der Waals surface area contributed by atoms with Gasteiger partial charge >= 0.3 is 0 Å². The number of fused-ring (bicyclic) bond motifs is 1. The molecule has 1 aromatic carbocycles. The largest absolute Gasteiger partial charge is 0.307 e. The van der Waals surface area contributed by atoms with E-state index in [1.54, 1.807) is 6.20 Å². The fraction of sp³-hybridized carbons (Fsp3) is 0.188. The van der Waals surface area contributed by atoms with Crippen molar-refractivity contribution in [3.05, 3.63) is 71.2 Å². The van der Waals surface area contributed by atoms with Crippen molar-refractivity contribution in [1.82, 2.24) is 14.7 Å². The highest BCUT2D eigenvalue weighted by atomic mass is 19.1. The summed E-state index contributed by atoms with van der Waals surface area (Å²) in [5.41, 5.74) is 3.47. The fourth-order valence-electron chi connectivity index (χ4n) is 2.32. The maximum absolute atomic E-state index is 13.5. The third-order valence-electron chi connectivity index (χ3n) is 3.44. The first-order valence-corrected chi connectivity index (χ1v) is 6.71. The van der Waals surface area contributed by atoms with Crippen molar-refractivity contribution in [3.63, 3.8) is 0 Å². The number of aryl methyl sites for hydroxylation is 1. The summed E-state index contributed by atoms with van der Waals surface area (Å²) < 4.78 is 28.4. The van der Waals surface area contributed by atoms with Gasteiger partial charge in [0, 0.05) is 30.9 Å². The van der Waals surface area contributed by atoms with Crippen LogP contribution < -0.4 is 5.32 Å². The molecule has 0 radical (unpaired) electrons. The lowest BCUT2D eigenvalue weighted by atomic mass is 10.2. The van der Waals surface area contributed by atoms with Gasteiger partial charge in [-0.05, 0) is 24.6 Å². The van der Waals surface area contributed by atoms with E-state index >= 15 is 0 Å². The van der Waals surface area contributed by atoms with Gasteiger partial charge in [0.2, 0.25) is 0 Å². The molecular weight excluding hydrogens is 272 g/mol. The highest BCUT2D eigenvalue weighted by Crippen LogP contribution is 2.12. The Balaban J connectivity index is 1.71. The molecule has 0 unspecified atom stereocenters. The van der Waals surface area contributed by atoms with E-state index < -0.39 is 11.6 Å². The van der Waals surface area contributed by atoms with Gasteiger partial charge in [-0.15, -0.1) is 0 Å². The third-order valence-corrected chi connectivity index (χ3v) is 3.44. The standard InChI is InChI=1S/C16H15F2N3/c1-11-3-2-6-21-14(10-20-16(11)21)9-19-8-12-4-5-13(17)7-15(12)18/h2-7,10,19H,8-9H2,1H3. The Morgan fingerprint density at radius 2 is 2.05 bits per heavy atom. The molecule has 0 amide bonds. The lowest BCUT2D eigenvalue weighted by Gasteiger charge is -2.06. The Hall–Kier alpha value is -2.27. The van der Waals surface area contributed by atoms with Gasteiger partial charge in [-0.2, -0.15) is 0 Å². The predicted molar refractivity (Wildman–Crippen MR) is 76.8 cm³/mol. The minimum Gasteiger partial charge on any atom is -0.307 e. The van der Waals surface area contributed by atoms with Crippen LogP contribution in [0, 0.1) is 18.6 Å². The van der Waals surface area contributed by atoms with Crippen LogP contribution in [0.25, 0.3) is 5.65 Å². The Morgan fingerprint density at radius 1 is 1.19 bits per heavy atom. The highest BCUT2D eigenvalue weighted by molar-refractivity contribution is 5.48. The number of nitrogens with one attached hydrogen (secondary N) is 1. The molecule has 21 heavy (non-hydrogen) atoms. The maximum Gasteiger partial charge on any atom is 0.139 e. The molecule has 0 bridgehead atoms. The molecule has 0 aliphatic heterocycles. The Bertz CT molecular complexity index is 780. The second kappa shape index (κ2) is 5.61. The summed E-state index contributed by atoms with van der Waals surface area (Å²) in [7, 11) is 0. The van der Waals surface area contributed by atoms with Gasteiger partial charge in [0.05, 0.1) is 11.9 Å². The number of nitrogens with zero attached hydrogens (tertiary/aromatic N) is 2. The van der Waals surface area contributed by atoms with Crippen LogP contribution in [0.5, 0.6) is 0 Å². The van der Waals surface area contributed by atoms with Crippen molar-refractivity contribution in [2.24, 2.45) is 0 Å². The zero-order valence-corrected chi connectivity index (χ0v) is 11.6. The van der Waals surface area contributed by atoms with Crippen molar-refractivity contribution in [1.29, 1.82) is 0 Å². The highest BCUT2D eigenvalue weighted by Gasteiger charge is 2.06. The average molecular weight is 287 g/mol. The smallest absolute Gasteiger partial charge is 0.139 e. The van der Waals surface area contributed by atoms with E-state index in [4.69, 9.17) is 0 Å². The normalized spacial score (nSPS) is 11.2. The summed E-state index contributed by atoms with van der Waals surface area (Å²) in [6.07, 6.45) is 3.75. The lowest BCUT2D eigenvalue weighted by molar-refractivity contribution is 0.559. The molecule has 0 aliphatic rings. The predicted octanol–water partition coefficient (Wildman–Crippen LogP) is 3.21. The number of hydrogen-bond acceptors (Lipinski definition) is 2. The molecule has 0 saturated heterocycles. The van der Waals surface area contributed by atoms with E-state index in [-0.39, 0.29) is 0 Å². The zero-order valence-electron chi connectivity index (χ0n) is 11.6. The van der Waals surface area contributed by atoms with Crippen LogP contribution in [0.3, 0.4) is 0 Å². The van der Waals surface area contributed by atoms with Gasteiger partial charge in [-0.3, -0.25) is 0 Å². The summed E-state index contributed by atoms with van der Waals surface area (Å²) in [4.78, 5) is 4.37. The number of imidazole rings is 1. The Labute approximate surface area is 121 Å². The summed E-state index contributed by atoms with van der Waals surface area (Å²) in [6.45, 7) is 2.90. The van der Waals surface area contributed by atoms with Crippen LogP contribution in [0.4, 0.5) is 8.78 Å². The van der Waals surface area contributed by atoms with E-state index in [1.807, 2.05) is 29.7 Å². The van der Waals surface area contributed by atoms with Gasteiger partial charge < -0.3 is 9.72 Å². The van der Waals surface area contributed by atoms with Gasteiger partial charge in [-0.25, -0.2) is 13.8 Å². The first-order chi connectivity index (χ1) is 10.1. The van der Waals surface area contributed by atoms with Crippen molar-refractivity contribution >= 4 is 5.65 Å². The second-order valence-electron chi connectivity index (χ2n) is 4.97. The molecule has 1 N–H and O–H groups in total. The van der Waals surface area contributed by atoms with Crippen LogP contribution in [0.2, 0.25) is 0 Å². The third kappa shape index (κ3) is 2.78. The molecular formula is C16H15F2N3. The molecule has 108 valence electrons. The van der Waals surface area contributed by atoms with E-state index in [2.05, 4.69) is 10.3 Å². The number of benzene rings is 1. The lowest BCUT2D eigenvalue weighted by Crippen LogP contribution is -2.15. The van der Waals surface area contributed by atoms with E-state index in [1.165, 1.54) is 12.1 Å². The van der Waals surface area contributed by atoms with Crippen LogP contribution in [0.1, 0.15) is 16.8 Å². The number of halogens is 2. The van der Waals surface area contributed by atoms with Gasteiger partial charge in [0.25, 0.3) is 0 Å². The monoisotopic (exact) mass is 287 g/mol. The van der Waals surface area contributed by atoms with Crippen LogP contribution >= 0.6 is 0 Å². The molecule has 0 saturated carbocycles. The Kier molecular flexibility index (Phi) is 3.66. The van der Waals surface area contributed by atoms with Gasteiger partial charge in [0.1, 0.15) is 17.3 Å². The molecule has 3 nitrogen and oxygen atoms in total. The van der Waals surface area contributed by atoms with Gasteiger partial charge in [0.15, 0.2) is 0 Å². The van der Waals surface area contributed by atoms with Crippen molar-refractivity contribution < 1.29 is 8.78 Å². The SMILES string of the molecule is Cc1cccn2c(CNCc3ccc(F)cc3F)cnc12. The van der Waals surface area contributed by atoms with Crippen molar-refractivity contribution in [2.45, 2.75) is 20.0 Å². The van der Waals surface area contributed by atoms with E-state index in [0.29, 0.717) is 18.7 Å². The summed E-state index contributed by atoms with van der Waals surface area (Å²) in [5, 5.41) is 3.15. The minimum absolute atomic E-state index is 0.338. The molecule has 3 aromatic rings. The summed E-state index contributed by atoms with van der Waals surface area (Å²) in [5.74, 6) is -1.09. The number of pyridine rings is 1. The number of rotatable bonds is 4. The first kappa shape index (κ1) is 13.7. The molecule has 5 heteroatoms. The molecule has 2 heterocycles. The fourth-order valence-corrected chi connectivity index (χ4v) is 2.32. The van der Waals surface area contributed by atoms with Crippen molar-refractivity contribution in [3.8, 4) is 0 Å². The van der Waals surface area contributed by atoms with Crippen LogP contribution in [-0.4, -0.2) is 9.38 Å². The van der Waals surface area contributed by atoms with Crippen LogP contribution in [-0.2, 0) is 13.1 Å². The summed E-state index contributed by atoms with van der Waals surface area (Å²) in [6, 6.07) is 7.59. The summed E-state index contributed by atoms with van der Waals surface area (Å²) >= 11 is 0. The quantitative estimate of drug-likeness (QED) is 0.798. The number of hydrogen-bond donors (Lipinski definition) is 1. The van der Waals surface area contributed by atoms with E-state index in [9.17, 15) is 8.78 Å². The van der Waals surface area contributed by atoms with Gasteiger partial charge in [-0.1, -0.05) is 12.1 Å². The minimum atomic E-state index is -0.562.